The molecule has 0 amide bonds. The third-order valence-electron chi connectivity index (χ3n) is 1.87. The van der Waals surface area contributed by atoms with Crippen LogP contribution in [0.15, 0.2) is 12.1 Å². The maximum absolute atomic E-state index is 11.6. The zero-order valence-electron chi connectivity index (χ0n) is 10.6. The fraction of sp³-hybridized carbons (Fsp3) is 0.583. The number of hydrogen-bond acceptors (Lipinski definition) is 4. The summed E-state index contributed by atoms with van der Waals surface area (Å²) in [7, 11) is 1.89. The van der Waals surface area contributed by atoms with Crippen LogP contribution in [0.2, 0.25) is 4.34 Å². The maximum atomic E-state index is 11.6. The Morgan fingerprint density at radius 3 is 2.59 bits per heavy atom. The van der Waals surface area contributed by atoms with E-state index in [0.29, 0.717) is 6.54 Å². The van der Waals surface area contributed by atoms with Crippen LogP contribution in [0.3, 0.4) is 0 Å². The van der Waals surface area contributed by atoms with E-state index in [1.165, 1.54) is 11.3 Å². The summed E-state index contributed by atoms with van der Waals surface area (Å²) in [6.45, 7) is 6.58. The van der Waals surface area contributed by atoms with Gasteiger partial charge in [0.2, 0.25) is 0 Å². The number of carbonyl (C=O) groups excluding carboxylic acids is 1. The quantitative estimate of drug-likeness (QED) is 0.791. The van der Waals surface area contributed by atoms with Gasteiger partial charge < -0.3 is 4.74 Å². The molecule has 0 bridgehead atoms. The van der Waals surface area contributed by atoms with Gasteiger partial charge in [0.15, 0.2) is 0 Å². The van der Waals surface area contributed by atoms with Gasteiger partial charge in [-0.15, -0.1) is 11.3 Å². The smallest absolute Gasteiger partial charge is 0.320 e. The first-order valence-electron chi connectivity index (χ1n) is 5.41. The normalized spacial score (nSPS) is 11.9. The molecule has 1 rings (SSSR count). The van der Waals surface area contributed by atoms with Crippen molar-refractivity contribution in [1.29, 1.82) is 0 Å². The highest BCUT2D eigenvalue weighted by molar-refractivity contribution is 7.16. The standard InChI is InChI=1S/C12H18ClNO2S/c1-12(2,3)16-11(15)8-14(4)7-9-5-6-10(13)17-9/h5-6H,7-8H2,1-4H3. The van der Waals surface area contributed by atoms with Crippen LogP contribution in [-0.4, -0.2) is 30.1 Å². The second-order valence-corrected chi connectivity index (χ2v) is 6.76. The molecule has 0 atom stereocenters. The molecule has 0 unspecified atom stereocenters. The Labute approximate surface area is 111 Å². The molecule has 1 aromatic heterocycles. The van der Waals surface area contributed by atoms with Crippen molar-refractivity contribution in [2.45, 2.75) is 32.9 Å². The molecule has 0 aliphatic carbocycles. The molecule has 0 fully saturated rings. The topological polar surface area (TPSA) is 29.5 Å². The fourth-order valence-corrected chi connectivity index (χ4v) is 2.52. The first kappa shape index (κ1) is 14.5. The van der Waals surface area contributed by atoms with Crippen molar-refractivity contribution in [3.8, 4) is 0 Å². The van der Waals surface area contributed by atoms with Gasteiger partial charge in [-0.1, -0.05) is 11.6 Å². The molecule has 0 aromatic carbocycles. The van der Waals surface area contributed by atoms with Crippen LogP contribution in [-0.2, 0) is 16.1 Å². The molecule has 0 N–H and O–H groups in total. The predicted octanol–water partition coefficient (Wildman–Crippen LogP) is 3.18. The van der Waals surface area contributed by atoms with Crippen molar-refractivity contribution in [1.82, 2.24) is 4.90 Å². The molecule has 17 heavy (non-hydrogen) atoms. The van der Waals surface area contributed by atoms with Crippen molar-refractivity contribution < 1.29 is 9.53 Å². The zero-order valence-corrected chi connectivity index (χ0v) is 12.2. The van der Waals surface area contributed by atoms with Gasteiger partial charge in [0.1, 0.15) is 5.60 Å². The monoisotopic (exact) mass is 275 g/mol. The van der Waals surface area contributed by atoms with Crippen molar-refractivity contribution in [2.24, 2.45) is 0 Å². The Morgan fingerprint density at radius 1 is 1.47 bits per heavy atom. The van der Waals surface area contributed by atoms with Gasteiger partial charge in [0, 0.05) is 11.4 Å². The molecular formula is C12H18ClNO2S. The number of rotatable bonds is 4. The fourth-order valence-electron chi connectivity index (χ4n) is 1.35. The van der Waals surface area contributed by atoms with E-state index in [9.17, 15) is 4.79 Å². The minimum absolute atomic E-state index is 0.206. The van der Waals surface area contributed by atoms with Gasteiger partial charge in [-0.2, -0.15) is 0 Å². The lowest BCUT2D eigenvalue weighted by molar-refractivity contribution is -0.155. The Bertz CT molecular complexity index is 384. The van der Waals surface area contributed by atoms with E-state index in [2.05, 4.69) is 0 Å². The van der Waals surface area contributed by atoms with Crippen LogP contribution in [0.25, 0.3) is 0 Å². The van der Waals surface area contributed by atoms with E-state index in [0.717, 1.165) is 9.21 Å². The van der Waals surface area contributed by atoms with Crippen LogP contribution < -0.4 is 0 Å². The van der Waals surface area contributed by atoms with Gasteiger partial charge in [-0.05, 0) is 40.0 Å². The molecule has 0 radical (unpaired) electrons. The van der Waals surface area contributed by atoms with Crippen molar-refractivity contribution in [2.75, 3.05) is 13.6 Å². The summed E-state index contributed by atoms with van der Waals surface area (Å²) in [5, 5.41) is 0. The van der Waals surface area contributed by atoms with Crippen LogP contribution in [0.4, 0.5) is 0 Å². The zero-order chi connectivity index (χ0) is 13.1. The Hall–Kier alpha value is -0.580. The number of ether oxygens (including phenoxy) is 1. The van der Waals surface area contributed by atoms with E-state index in [1.54, 1.807) is 0 Å². The van der Waals surface area contributed by atoms with E-state index in [1.807, 2.05) is 44.9 Å². The number of halogens is 1. The molecule has 3 nitrogen and oxygen atoms in total. The summed E-state index contributed by atoms with van der Waals surface area (Å²) < 4.78 is 6.02. The van der Waals surface area contributed by atoms with E-state index < -0.39 is 5.60 Å². The highest BCUT2D eigenvalue weighted by atomic mass is 35.5. The lowest BCUT2D eigenvalue weighted by Crippen LogP contribution is -2.32. The average molecular weight is 276 g/mol. The Kier molecular flexibility index (Phi) is 4.98. The number of thiophene rings is 1. The molecule has 0 saturated carbocycles. The van der Waals surface area contributed by atoms with Crippen LogP contribution >= 0.6 is 22.9 Å². The number of hydrogen-bond donors (Lipinski definition) is 0. The first-order valence-corrected chi connectivity index (χ1v) is 6.60. The van der Waals surface area contributed by atoms with E-state index >= 15 is 0 Å². The minimum Gasteiger partial charge on any atom is -0.459 e. The number of nitrogens with zero attached hydrogens (tertiary/aromatic N) is 1. The summed E-state index contributed by atoms with van der Waals surface area (Å²) >= 11 is 7.37. The van der Waals surface area contributed by atoms with Crippen molar-refractivity contribution in [3.05, 3.63) is 21.3 Å². The van der Waals surface area contributed by atoms with Gasteiger partial charge in [0.05, 0.1) is 10.9 Å². The molecule has 0 aliphatic rings. The SMILES string of the molecule is CN(CC(=O)OC(C)(C)C)Cc1ccc(Cl)s1. The van der Waals surface area contributed by atoms with Gasteiger partial charge in [-0.25, -0.2) is 0 Å². The van der Waals surface area contributed by atoms with Crippen LogP contribution in [0.1, 0.15) is 25.6 Å². The van der Waals surface area contributed by atoms with Crippen LogP contribution in [0.5, 0.6) is 0 Å². The minimum atomic E-state index is -0.426. The molecule has 1 aromatic rings. The first-order chi connectivity index (χ1) is 7.76. The summed E-state index contributed by atoms with van der Waals surface area (Å²) in [6, 6.07) is 3.83. The summed E-state index contributed by atoms with van der Waals surface area (Å²) in [5.74, 6) is -0.206. The molecule has 5 heteroatoms. The molecule has 1 heterocycles. The van der Waals surface area contributed by atoms with Gasteiger partial charge in [0.25, 0.3) is 0 Å². The van der Waals surface area contributed by atoms with Crippen LogP contribution in [0, 0.1) is 0 Å². The largest absolute Gasteiger partial charge is 0.459 e. The Balaban J connectivity index is 2.39. The van der Waals surface area contributed by atoms with Gasteiger partial charge in [-0.3, -0.25) is 9.69 Å². The highest BCUT2D eigenvalue weighted by Gasteiger charge is 2.17. The average Bonchev–Trinajstić information content (AvgIpc) is 2.46. The third-order valence-corrected chi connectivity index (χ3v) is 3.09. The molecule has 0 aliphatic heterocycles. The number of likely N-dealkylation sites (N-methyl/N-ethyl adjacent to an activating group) is 1. The second-order valence-electron chi connectivity index (χ2n) is 4.96. The number of esters is 1. The maximum Gasteiger partial charge on any atom is 0.320 e. The summed E-state index contributed by atoms with van der Waals surface area (Å²) in [4.78, 5) is 14.6. The summed E-state index contributed by atoms with van der Waals surface area (Å²) in [5.41, 5.74) is -0.426. The lowest BCUT2D eigenvalue weighted by atomic mass is 10.2. The summed E-state index contributed by atoms with van der Waals surface area (Å²) in [6.07, 6.45) is 0. The molecular weight excluding hydrogens is 258 g/mol. The number of carbonyl (C=O) groups is 1. The Morgan fingerprint density at radius 2 is 2.12 bits per heavy atom. The van der Waals surface area contributed by atoms with Gasteiger partial charge >= 0.3 is 5.97 Å². The molecule has 96 valence electrons. The predicted molar refractivity (Wildman–Crippen MR) is 71.5 cm³/mol. The molecule has 0 saturated heterocycles. The van der Waals surface area contributed by atoms with E-state index in [-0.39, 0.29) is 12.5 Å². The lowest BCUT2D eigenvalue weighted by Gasteiger charge is -2.22. The van der Waals surface area contributed by atoms with Crippen molar-refractivity contribution in [3.63, 3.8) is 0 Å². The van der Waals surface area contributed by atoms with E-state index in [4.69, 9.17) is 16.3 Å². The second kappa shape index (κ2) is 5.85. The third kappa shape index (κ3) is 6.05. The molecule has 0 spiro atoms. The van der Waals surface area contributed by atoms with Crippen molar-refractivity contribution >= 4 is 28.9 Å². The highest BCUT2D eigenvalue weighted by Crippen LogP contribution is 2.22.